The number of aromatic nitrogens is 2. The molecule has 0 aliphatic heterocycles. The maximum absolute atomic E-state index is 12.9. The van der Waals surface area contributed by atoms with Gasteiger partial charge in [0, 0.05) is 31.8 Å². The summed E-state index contributed by atoms with van der Waals surface area (Å²) in [6.07, 6.45) is 0.634. The van der Waals surface area contributed by atoms with Crippen molar-refractivity contribution in [3.05, 3.63) is 57.4 Å². The number of hydrogen-bond donors (Lipinski definition) is 1. The van der Waals surface area contributed by atoms with Gasteiger partial charge in [-0.05, 0) is 31.6 Å². The monoisotopic (exact) mass is 410 g/mol. The third kappa shape index (κ3) is 4.41. The molecule has 160 valence electrons. The second-order valence-electron chi connectivity index (χ2n) is 7.65. The van der Waals surface area contributed by atoms with Gasteiger partial charge < -0.3 is 24.3 Å². The largest absolute Gasteiger partial charge is 0.493 e. The van der Waals surface area contributed by atoms with Crippen LogP contribution in [0.3, 0.4) is 0 Å². The molecule has 0 amide bonds. The number of aryl methyl sites for hydroxylation is 1. The van der Waals surface area contributed by atoms with Crippen molar-refractivity contribution in [1.82, 2.24) is 14.9 Å². The summed E-state index contributed by atoms with van der Waals surface area (Å²) in [5.41, 5.74) is 3.61. The van der Waals surface area contributed by atoms with Gasteiger partial charge in [-0.25, -0.2) is 0 Å². The highest BCUT2D eigenvalue weighted by Crippen LogP contribution is 2.36. The lowest BCUT2D eigenvalue weighted by Crippen LogP contribution is -2.23. The molecule has 0 radical (unpaired) electrons. The molecule has 0 aliphatic rings. The molecule has 0 spiro atoms. The van der Waals surface area contributed by atoms with Gasteiger partial charge in [-0.2, -0.15) is 4.98 Å². The van der Waals surface area contributed by atoms with Crippen LogP contribution < -0.4 is 19.9 Å². The maximum Gasteiger partial charge on any atom is 0.282 e. The molecule has 7 heteroatoms. The van der Waals surface area contributed by atoms with Crippen LogP contribution in [0.15, 0.2) is 35.1 Å². The fraction of sp³-hybridized carbons (Fsp3) is 0.391. The van der Waals surface area contributed by atoms with Crippen LogP contribution in [-0.2, 0) is 19.5 Å². The third-order valence-corrected chi connectivity index (χ3v) is 5.06. The summed E-state index contributed by atoms with van der Waals surface area (Å²) in [4.78, 5) is 24.6. The Morgan fingerprint density at radius 1 is 1.03 bits per heavy atom. The first kappa shape index (κ1) is 21.6. The minimum atomic E-state index is -0.273. The van der Waals surface area contributed by atoms with E-state index in [1.807, 2.05) is 18.9 Å². The number of ether oxygens (including phenoxy) is 2. The van der Waals surface area contributed by atoms with E-state index >= 15 is 0 Å². The predicted molar refractivity (Wildman–Crippen MR) is 121 cm³/mol. The third-order valence-electron chi connectivity index (χ3n) is 5.06. The van der Waals surface area contributed by atoms with Crippen LogP contribution in [0.5, 0.6) is 11.5 Å². The molecule has 0 unspecified atom stereocenters. The zero-order valence-corrected chi connectivity index (χ0v) is 18.6. The van der Waals surface area contributed by atoms with Crippen LogP contribution in [0.1, 0.15) is 23.6 Å². The van der Waals surface area contributed by atoms with Crippen molar-refractivity contribution in [2.45, 2.75) is 26.4 Å². The summed E-state index contributed by atoms with van der Waals surface area (Å²) in [6, 6.07) is 10.2. The van der Waals surface area contributed by atoms with Crippen LogP contribution in [0.2, 0.25) is 0 Å². The molecule has 2 aromatic carbocycles. The SMILES string of the molecule is CCc1c(OC)c(OC)cc2[nH]c(N(C)Cc3cccc(CN(C)C)c3)nc(=O)c12. The minimum Gasteiger partial charge on any atom is -0.493 e. The van der Waals surface area contributed by atoms with Crippen molar-refractivity contribution in [2.24, 2.45) is 0 Å². The molecule has 1 N–H and O–H groups in total. The first-order valence-electron chi connectivity index (χ1n) is 9.99. The molecule has 30 heavy (non-hydrogen) atoms. The van der Waals surface area contributed by atoms with Crippen molar-refractivity contribution in [2.75, 3.05) is 40.3 Å². The molecule has 0 atom stereocenters. The summed E-state index contributed by atoms with van der Waals surface area (Å²) in [6.45, 7) is 3.49. The summed E-state index contributed by atoms with van der Waals surface area (Å²) in [5, 5.41) is 0.542. The number of fused-ring (bicyclic) bond motifs is 1. The number of hydrogen-bond acceptors (Lipinski definition) is 6. The normalized spacial score (nSPS) is 11.2. The zero-order chi connectivity index (χ0) is 21.8. The smallest absolute Gasteiger partial charge is 0.282 e. The Hall–Kier alpha value is -3.06. The van der Waals surface area contributed by atoms with E-state index < -0.39 is 0 Å². The molecule has 0 saturated heterocycles. The first-order valence-corrected chi connectivity index (χ1v) is 9.99. The second-order valence-corrected chi connectivity index (χ2v) is 7.65. The van der Waals surface area contributed by atoms with E-state index in [0.29, 0.717) is 41.3 Å². The molecule has 3 rings (SSSR count). The van der Waals surface area contributed by atoms with Crippen molar-refractivity contribution in [3.8, 4) is 11.5 Å². The van der Waals surface area contributed by atoms with Crippen molar-refractivity contribution < 1.29 is 9.47 Å². The molecule has 3 aromatic rings. The molecule has 0 fully saturated rings. The number of nitrogens with one attached hydrogen (secondary N) is 1. The van der Waals surface area contributed by atoms with Gasteiger partial charge in [0.25, 0.3) is 5.56 Å². The van der Waals surface area contributed by atoms with Gasteiger partial charge in [0.15, 0.2) is 11.5 Å². The highest BCUT2D eigenvalue weighted by atomic mass is 16.5. The Balaban J connectivity index is 1.99. The van der Waals surface area contributed by atoms with Crippen LogP contribution in [0, 0.1) is 0 Å². The number of H-pyrrole nitrogens is 1. The van der Waals surface area contributed by atoms with Gasteiger partial charge in [-0.3, -0.25) is 4.79 Å². The van der Waals surface area contributed by atoms with E-state index in [1.165, 1.54) is 5.56 Å². The van der Waals surface area contributed by atoms with Crippen LogP contribution in [-0.4, -0.2) is 50.2 Å². The van der Waals surface area contributed by atoms with Gasteiger partial charge in [-0.1, -0.05) is 31.2 Å². The summed E-state index contributed by atoms with van der Waals surface area (Å²) in [5.74, 6) is 1.69. The fourth-order valence-corrected chi connectivity index (χ4v) is 3.77. The van der Waals surface area contributed by atoms with Crippen molar-refractivity contribution >= 4 is 16.9 Å². The number of benzene rings is 2. The zero-order valence-electron chi connectivity index (χ0n) is 18.6. The number of aromatic amines is 1. The van der Waals surface area contributed by atoms with E-state index in [-0.39, 0.29) is 5.56 Å². The van der Waals surface area contributed by atoms with Gasteiger partial charge in [0.2, 0.25) is 5.95 Å². The number of anilines is 1. The minimum absolute atomic E-state index is 0.273. The van der Waals surface area contributed by atoms with Crippen molar-refractivity contribution in [3.63, 3.8) is 0 Å². The highest BCUT2D eigenvalue weighted by molar-refractivity contribution is 5.87. The molecular weight excluding hydrogens is 380 g/mol. The number of nitrogens with zero attached hydrogens (tertiary/aromatic N) is 3. The average molecular weight is 411 g/mol. The van der Waals surface area contributed by atoms with Gasteiger partial charge >= 0.3 is 0 Å². The van der Waals surface area contributed by atoms with E-state index in [2.05, 4.69) is 53.2 Å². The lowest BCUT2D eigenvalue weighted by atomic mass is 10.0. The second kappa shape index (κ2) is 9.17. The molecule has 0 aliphatic carbocycles. The molecule has 7 nitrogen and oxygen atoms in total. The van der Waals surface area contributed by atoms with Crippen LogP contribution in [0.4, 0.5) is 5.95 Å². The Bertz CT molecular complexity index is 1090. The summed E-state index contributed by atoms with van der Waals surface area (Å²) in [7, 11) is 9.20. The fourth-order valence-electron chi connectivity index (χ4n) is 3.77. The molecular formula is C23H30N4O3. The predicted octanol–water partition coefficient (Wildman–Crippen LogP) is 3.20. The standard InChI is InChI=1S/C23H30N4O3/c1-7-17-20-18(12-19(29-5)21(17)30-6)24-23(25-22(20)28)27(4)14-16-10-8-9-15(11-16)13-26(2)3/h8-12H,7,13-14H2,1-6H3,(H,24,25,28). The molecule has 0 bridgehead atoms. The quantitative estimate of drug-likeness (QED) is 0.615. The number of rotatable bonds is 8. The Morgan fingerprint density at radius 2 is 1.73 bits per heavy atom. The summed E-state index contributed by atoms with van der Waals surface area (Å²) < 4.78 is 11.0. The maximum atomic E-state index is 12.9. The number of methoxy groups -OCH3 is 2. The Labute approximate surface area is 177 Å². The van der Waals surface area contributed by atoms with E-state index in [1.54, 1.807) is 20.3 Å². The van der Waals surface area contributed by atoms with Crippen LogP contribution in [0.25, 0.3) is 10.9 Å². The Morgan fingerprint density at radius 3 is 2.33 bits per heavy atom. The topological polar surface area (TPSA) is 70.7 Å². The Kier molecular flexibility index (Phi) is 6.62. The molecule has 1 heterocycles. The molecule has 0 saturated carbocycles. The van der Waals surface area contributed by atoms with Gasteiger partial charge in [-0.15, -0.1) is 0 Å². The van der Waals surface area contributed by atoms with E-state index in [4.69, 9.17) is 9.47 Å². The van der Waals surface area contributed by atoms with Gasteiger partial charge in [0.05, 0.1) is 25.1 Å². The van der Waals surface area contributed by atoms with Crippen molar-refractivity contribution in [1.29, 1.82) is 0 Å². The van der Waals surface area contributed by atoms with E-state index in [0.717, 1.165) is 17.7 Å². The highest BCUT2D eigenvalue weighted by Gasteiger charge is 2.18. The van der Waals surface area contributed by atoms with Gasteiger partial charge in [0.1, 0.15) is 0 Å². The average Bonchev–Trinajstić information content (AvgIpc) is 2.71. The van der Waals surface area contributed by atoms with E-state index in [9.17, 15) is 4.79 Å². The lowest BCUT2D eigenvalue weighted by molar-refractivity contribution is 0.353. The van der Waals surface area contributed by atoms with Crippen LogP contribution >= 0.6 is 0 Å². The lowest BCUT2D eigenvalue weighted by Gasteiger charge is -2.20. The summed E-state index contributed by atoms with van der Waals surface area (Å²) >= 11 is 0. The molecule has 1 aromatic heterocycles. The first-order chi connectivity index (χ1) is 14.4.